The van der Waals surface area contributed by atoms with Gasteiger partial charge in [0.2, 0.25) is 0 Å². The first-order valence-corrected chi connectivity index (χ1v) is 7.15. The first-order valence-electron chi connectivity index (χ1n) is 7.15. The predicted molar refractivity (Wildman–Crippen MR) is 74.4 cm³/mol. The smallest absolute Gasteiger partial charge is 0.124 e. The second-order valence-electron chi connectivity index (χ2n) is 4.87. The molecule has 5 heteroatoms. The monoisotopic (exact) mass is 283 g/mol. The summed E-state index contributed by atoms with van der Waals surface area (Å²) in [5.41, 5.74) is 0.902. The molecule has 0 fully saturated rings. The van der Waals surface area contributed by atoms with E-state index < -0.39 is 0 Å². The summed E-state index contributed by atoms with van der Waals surface area (Å²) >= 11 is 0. The zero-order valence-electron chi connectivity index (χ0n) is 11.6. The maximum Gasteiger partial charge on any atom is 0.124 e. The molecule has 0 saturated carbocycles. The van der Waals surface area contributed by atoms with Gasteiger partial charge in [-0.3, -0.25) is 0 Å². The van der Waals surface area contributed by atoms with Crippen molar-refractivity contribution in [3.05, 3.63) is 29.6 Å². The van der Waals surface area contributed by atoms with Gasteiger partial charge in [-0.1, -0.05) is 0 Å². The normalized spacial score (nSPS) is 18.2. The van der Waals surface area contributed by atoms with Gasteiger partial charge in [0.05, 0.1) is 19.8 Å². The standard InChI is InChI=1S/C15H22FNO3/c16-12-4-5-15-13(11-12)14(3-1-9-20-15)17-6-2-8-19-10-7-18/h4-5,11,14,17-18H,1-3,6-10H2. The van der Waals surface area contributed by atoms with Crippen LogP contribution in [0.25, 0.3) is 0 Å². The van der Waals surface area contributed by atoms with E-state index in [-0.39, 0.29) is 18.5 Å². The SMILES string of the molecule is OCCOCCCNC1CCCOc2ccc(F)cc21. The van der Waals surface area contributed by atoms with Crippen LogP contribution in [0, 0.1) is 5.82 Å². The Hall–Kier alpha value is -1.17. The number of halogens is 1. The Morgan fingerprint density at radius 1 is 1.40 bits per heavy atom. The summed E-state index contributed by atoms with van der Waals surface area (Å²) in [4.78, 5) is 0. The van der Waals surface area contributed by atoms with Crippen LogP contribution in [0.3, 0.4) is 0 Å². The number of aliphatic hydroxyl groups excluding tert-OH is 1. The van der Waals surface area contributed by atoms with Crippen molar-refractivity contribution in [2.24, 2.45) is 0 Å². The third kappa shape index (κ3) is 4.44. The molecule has 0 amide bonds. The lowest BCUT2D eigenvalue weighted by Crippen LogP contribution is -2.23. The number of fused-ring (bicyclic) bond motifs is 1. The summed E-state index contributed by atoms with van der Waals surface area (Å²) in [7, 11) is 0. The zero-order chi connectivity index (χ0) is 14.2. The van der Waals surface area contributed by atoms with Crippen molar-refractivity contribution in [2.75, 3.05) is 33.0 Å². The average molecular weight is 283 g/mol. The first-order chi connectivity index (χ1) is 9.81. The van der Waals surface area contributed by atoms with Crippen LogP contribution >= 0.6 is 0 Å². The molecule has 4 nitrogen and oxygen atoms in total. The highest BCUT2D eigenvalue weighted by molar-refractivity contribution is 5.37. The highest BCUT2D eigenvalue weighted by Gasteiger charge is 2.19. The first kappa shape index (κ1) is 15.2. The van der Waals surface area contributed by atoms with Crippen LogP contribution in [0.15, 0.2) is 18.2 Å². The van der Waals surface area contributed by atoms with E-state index in [0.717, 1.165) is 37.1 Å². The molecule has 0 bridgehead atoms. The summed E-state index contributed by atoms with van der Waals surface area (Å²) in [5, 5.41) is 12.0. The quantitative estimate of drug-likeness (QED) is 0.752. The fraction of sp³-hybridized carbons (Fsp3) is 0.600. The summed E-state index contributed by atoms with van der Waals surface area (Å²) in [6, 6.07) is 4.82. The molecular formula is C15H22FNO3. The molecule has 1 aromatic carbocycles. The summed E-state index contributed by atoms with van der Waals surface area (Å²) in [5.74, 6) is 0.547. The second-order valence-corrected chi connectivity index (χ2v) is 4.87. The Kier molecular flexibility index (Phi) is 6.24. The molecule has 0 aromatic heterocycles. The van der Waals surface area contributed by atoms with Crippen LogP contribution < -0.4 is 10.1 Å². The second kappa shape index (κ2) is 8.19. The van der Waals surface area contributed by atoms with Gasteiger partial charge in [-0.05, 0) is 44.0 Å². The molecule has 1 atom stereocenters. The highest BCUT2D eigenvalue weighted by atomic mass is 19.1. The molecule has 1 unspecified atom stereocenters. The Labute approximate surface area is 118 Å². The minimum atomic E-state index is -0.229. The number of rotatable bonds is 7. The van der Waals surface area contributed by atoms with E-state index in [1.165, 1.54) is 6.07 Å². The maximum atomic E-state index is 13.4. The lowest BCUT2D eigenvalue weighted by Gasteiger charge is -2.18. The predicted octanol–water partition coefficient (Wildman–Crippen LogP) is 2.03. The third-order valence-electron chi connectivity index (χ3n) is 3.33. The van der Waals surface area contributed by atoms with Crippen molar-refractivity contribution in [1.29, 1.82) is 0 Å². The molecule has 1 aliphatic rings. The van der Waals surface area contributed by atoms with E-state index in [0.29, 0.717) is 19.8 Å². The molecule has 0 spiro atoms. The molecule has 0 aliphatic carbocycles. The van der Waals surface area contributed by atoms with Crippen LogP contribution in [0.5, 0.6) is 5.75 Å². The van der Waals surface area contributed by atoms with Gasteiger partial charge in [-0.15, -0.1) is 0 Å². The minimum Gasteiger partial charge on any atom is -0.493 e. The van der Waals surface area contributed by atoms with Gasteiger partial charge in [-0.2, -0.15) is 0 Å². The number of ether oxygens (including phenoxy) is 2. The molecule has 112 valence electrons. The van der Waals surface area contributed by atoms with Crippen molar-refractivity contribution < 1.29 is 19.0 Å². The fourth-order valence-corrected chi connectivity index (χ4v) is 2.38. The van der Waals surface area contributed by atoms with E-state index >= 15 is 0 Å². The van der Waals surface area contributed by atoms with Gasteiger partial charge in [0.1, 0.15) is 11.6 Å². The number of nitrogens with one attached hydrogen (secondary N) is 1. The van der Waals surface area contributed by atoms with Crippen LogP contribution in [-0.2, 0) is 4.74 Å². The average Bonchev–Trinajstić information content (AvgIpc) is 2.65. The van der Waals surface area contributed by atoms with Gasteiger partial charge in [-0.25, -0.2) is 4.39 Å². The number of hydrogen-bond donors (Lipinski definition) is 2. The minimum absolute atomic E-state index is 0.0556. The van der Waals surface area contributed by atoms with Crippen LogP contribution in [0.4, 0.5) is 4.39 Å². The summed E-state index contributed by atoms with van der Waals surface area (Å²) < 4.78 is 24.2. The van der Waals surface area contributed by atoms with Crippen molar-refractivity contribution >= 4 is 0 Å². The van der Waals surface area contributed by atoms with Gasteiger partial charge >= 0.3 is 0 Å². The number of aliphatic hydroxyl groups is 1. The Morgan fingerprint density at radius 2 is 2.30 bits per heavy atom. The number of hydrogen-bond acceptors (Lipinski definition) is 4. The lowest BCUT2D eigenvalue weighted by molar-refractivity contribution is 0.0903. The molecule has 1 aliphatic heterocycles. The van der Waals surface area contributed by atoms with Crippen molar-refractivity contribution in [3.63, 3.8) is 0 Å². The molecular weight excluding hydrogens is 261 g/mol. The van der Waals surface area contributed by atoms with E-state index in [4.69, 9.17) is 14.6 Å². The van der Waals surface area contributed by atoms with Crippen LogP contribution in [0.2, 0.25) is 0 Å². The topological polar surface area (TPSA) is 50.7 Å². The Morgan fingerprint density at radius 3 is 3.15 bits per heavy atom. The molecule has 2 N–H and O–H groups in total. The van der Waals surface area contributed by atoms with E-state index in [1.54, 1.807) is 12.1 Å². The highest BCUT2D eigenvalue weighted by Crippen LogP contribution is 2.31. The fourth-order valence-electron chi connectivity index (χ4n) is 2.38. The molecule has 1 heterocycles. The summed E-state index contributed by atoms with van der Waals surface area (Å²) in [6.45, 7) is 2.53. The summed E-state index contributed by atoms with van der Waals surface area (Å²) in [6.07, 6.45) is 2.75. The Balaban J connectivity index is 1.86. The van der Waals surface area contributed by atoms with E-state index in [2.05, 4.69) is 5.32 Å². The molecule has 2 rings (SSSR count). The zero-order valence-corrected chi connectivity index (χ0v) is 11.6. The molecule has 20 heavy (non-hydrogen) atoms. The van der Waals surface area contributed by atoms with Gasteiger partial charge in [0.15, 0.2) is 0 Å². The lowest BCUT2D eigenvalue weighted by atomic mass is 10.0. The van der Waals surface area contributed by atoms with Crippen molar-refractivity contribution in [3.8, 4) is 5.75 Å². The molecule has 0 radical (unpaired) electrons. The molecule has 0 saturated heterocycles. The van der Waals surface area contributed by atoms with Crippen LogP contribution in [-0.4, -0.2) is 38.1 Å². The van der Waals surface area contributed by atoms with Crippen molar-refractivity contribution in [1.82, 2.24) is 5.32 Å². The van der Waals surface area contributed by atoms with E-state index in [1.807, 2.05) is 0 Å². The largest absolute Gasteiger partial charge is 0.493 e. The van der Waals surface area contributed by atoms with Gasteiger partial charge in [0, 0.05) is 18.2 Å². The Bertz CT molecular complexity index is 414. The third-order valence-corrected chi connectivity index (χ3v) is 3.33. The molecule has 1 aromatic rings. The van der Waals surface area contributed by atoms with Crippen molar-refractivity contribution in [2.45, 2.75) is 25.3 Å². The number of benzene rings is 1. The van der Waals surface area contributed by atoms with Gasteiger partial charge in [0.25, 0.3) is 0 Å². The van der Waals surface area contributed by atoms with Crippen LogP contribution in [0.1, 0.15) is 30.9 Å². The van der Waals surface area contributed by atoms with Gasteiger partial charge < -0.3 is 19.9 Å². The van der Waals surface area contributed by atoms with E-state index in [9.17, 15) is 4.39 Å². The maximum absolute atomic E-state index is 13.4.